The third kappa shape index (κ3) is 4.40. The maximum atomic E-state index is 8.42. The second-order valence-corrected chi connectivity index (χ2v) is 6.36. The number of ether oxygens (including phenoxy) is 2. The molecule has 0 radical (unpaired) electrons. The standard InChI is InChI=1S/C20H28N2O2/c1-14(2)15(3)16(4)20(21)22-12-10-19(11-13-22)24-18-8-6-17(23-5)7-9-18/h6-9,19,21H,1,10-13H2,2-5H3/b16-15-,21-20?. The van der Waals surface area contributed by atoms with E-state index in [0.29, 0.717) is 5.84 Å². The minimum absolute atomic E-state index is 0.203. The lowest BCUT2D eigenvalue weighted by Gasteiger charge is -2.34. The molecule has 4 heteroatoms. The van der Waals surface area contributed by atoms with Gasteiger partial charge in [0.2, 0.25) is 0 Å². The Hall–Kier alpha value is -2.23. The molecule has 1 heterocycles. The monoisotopic (exact) mass is 328 g/mol. The van der Waals surface area contributed by atoms with Crippen molar-refractivity contribution in [1.29, 1.82) is 5.41 Å². The second-order valence-electron chi connectivity index (χ2n) is 6.36. The average Bonchev–Trinajstić information content (AvgIpc) is 2.61. The first-order chi connectivity index (χ1) is 11.4. The summed E-state index contributed by atoms with van der Waals surface area (Å²) in [6.45, 7) is 11.7. The zero-order valence-corrected chi connectivity index (χ0v) is 15.2. The van der Waals surface area contributed by atoms with Crippen LogP contribution in [0.2, 0.25) is 0 Å². The molecule has 0 atom stereocenters. The van der Waals surface area contributed by atoms with E-state index in [-0.39, 0.29) is 6.10 Å². The molecule has 0 saturated carbocycles. The van der Waals surface area contributed by atoms with Gasteiger partial charge in [-0.15, -0.1) is 0 Å². The number of likely N-dealkylation sites (tertiary alicyclic amines) is 1. The molecule has 0 spiro atoms. The highest BCUT2D eigenvalue weighted by atomic mass is 16.5. The molecule has 130 valence electrons. The molecule has 1 aliphatic heterocycles. The van der Waals surface area contributed by atoms with Crippen molar-refractivity contribution in [2.75, 3.05) is 20.2 Å². The molecule has 1 aromatic carbocycles. The molecule has 1 fully saturated rings. The fourth-order valence-corrected chi connectivity index (χ4v) is 2.78. The van der Waals surface area contributed by atoms with Gasteiger partial charge in [0.1, 0.15) is 23.4 Å². The van der Waals surface area contributed by atoms with Crippen LogP contribution in [0.3, 0.4) is 0 Å². The van der Waals surface area contributed by atoms with E-state index in [4.69, 9.17) is 14.9 Å². The van der Waals surface area contributed by atoms with Gasteiger partial charge in [-0.3, -0.25) is 5.41 Å². The van der Waals surface area contributed by atoms with Gasteiger partial charge in [0.25, 0.3) is 0 Å². The molecule has 0 bridgehead atoms. The van der Waals surface area contributed by atoms with Crippen molar-refractivity contribution in [3.05, 3.63) is 47.6 Å². The number of methoxy groups -OCH3 is 1. The molecular formula is C20H28N2O2. The topological polar surface area (TPSA) is 45.6 Å². The number of piperidine rings is 1. The highest BCUT2D eigenvalue weighted by molar-refractivity contribution is 5.96. The number of nitrogens with zero attached hydrogens (tertiary/aromatic N) is 1. The van der Waals surface area contributed by atoms with Gasteiger partial charge >= 0.3 is 0 Å². The molecule has 2 rings (SSSR count). The number of benzene rings is 1. The van der Waals surface area contributed by atoms with Gasteiger partial charge in [0.05, 0.1) is 7.11 Å². The second kappa shape index (κ2) is 8.04. The fraction of sp³-hybridized carbons (Fsp3) is 0.450. The minimum Gasteiger partial charge on any atom is -0.497 e. The summed E-state index contributed by atoms with van der Waals surface area (Å²) in [7, 11) is 1.66. The van der Waals surface area contributed by atoms with Crippen LogP contribution >= 0.6 is 0 Å². The summed E-state index contributed by atoms with van der Waals surface area (Å²) >= 11 is 0. The third-order valence-corrected chi connectivity index (χ3v) is 4.68. The molecule has 0 unspecified atom stereocenters. The molecule has 0 amide bonds. The van der Waals surface area contributed by atoms with Crippen LogP contribution in [0, 0.1) is 5.41 Å². The Bertz CT molecular complexity index is 624. The summed E-state index contributed by atoms with van der Waals surface area (Å²) < 4.78 is 11.2. The molecule has 24 heavy (non-hydrogen) atoms. The number of hydrogen-bond acceptors (Lipinski definition) is 3. The van der Waals surface area contributed by atoms with E-state index in [1.54, 1.807) is 7.11 Å². The van der Waals surface area contributed by atoms with E-state index in [1.165, 1.54) is 0 Å². The Morgan fingerprint density at radius 3 is 2.08 bits per heavy atom. The molecule has 4 nitrogen and oxygen atoms in total. The number of hydrogen-bond donors (Lipinski definition) is 1. The maximum absolute atomic E-state index is 8.42. The van der Waals surface area contributed by atoms with E-state index in [0.717, 1.165) is 54.1 Å². The van der Waals surface area contributed by atoms with Crippen molar-refractivity contribution < 1.29 is 9.47 Å². The maximum Gasteiger partial charge on any atom is 0.123 e. The van der Waals surface area contributed by atoms with Gasteiger partial charge in [0, 0.05) is 25.9 Å². The molecule has 1 aliphatic rings. The van der Waals surface area contributed by atoms with E-state index >= 15 is 0 Å². The quantitative estimate of drug-likeness (QED) is 0.494. The highest BCUT2D eigenvalue weighted by Crippen LogP contribution is 2.23. The van der Waals surface area contributed by atoms with Crippen LogP contribution in [-0.4, -0.2) is 37.0 Å². The van der Waals surface area contributed by atoms with Crippen LogP contribution in [0.1, 0.15) is 33.6 Å². The molecule has 1 N–H and O–H groups in total. The number of allylic oxidation sites excluding steroid dienone is 2. The first-order valence-electron chi connectivity index (χ1n) is 8.40. The molecule has 0 aromatic heterocycles. The number of amidine groups is 1. The Morgan fingerprint density at radius 2 is 1.58 bits per heavy atom. The van der Waals surface area contributed by atoms with Crippen LogP contribution in [0.15, 0.2) is 47.6 Å². The van der Waals surface area contributed by atoms with Crippen molar-refractivity contribution in [3.63, 3.8) is 0 Å². The SMILES string of the molecule is C=C(C)/C(C)=C(/C)C(=N)N1CCC(Oc2ccc(OC)cc2)CC1. The molecule has 0 aliphatic carbocycles. The normalized spacial score (nSPS) is 16.4. The zero-order valence-electron chi connectivity index (χ0n) is 15.2. The fourth-order valence-electron chi connectivity index (χ4n) is 2.78. The van der Waals surface area contributed by atoms with Crippen molar-refractivity contribution in [2.24, 2.45) is 0 Å². The van der Waals surface area contributed by atoms with E-state index < -0.39 is 0 Å². The van der Waals surface area contributed by atoms with E-state index in [2.05, 4.69) is 11.5 Å². The summed E-state index contributed by atoms with van der Waals surface area (Å²) in [5.41, 5.74) is 3.14. The van der Waals surface area contributed by atoms with Crippen LogP contribution in [0.4, 0.5) is 0 Å². The van der Waals surface area contributed by atoms with Crippen molar-refractivity contribution in [2.45, 2.75) is 39.7 Å². The summed E-state index contributed by atoms with van der Waals surface area (Å²) in [6.07, 6.45) is 2.05. The van der Waals surface area contributed by atoms with Crippen molar-refractivity contribution in [1.82, 2.24) is 4.90 Å². The smallest absolute Gasteiger partial charge is 0.123 e. The summed E-state index contributed by atoms with van der Waals surface area (Å²) in [4.78, 5) is 2.13. The van der Waals surface area contributed by atoms with Crippen molar-refractivity contribution >= 4 is 5.84 Å². The predicted molar refractivity (Wildman–Crippen MR) is 99.1 cm³/mol. The molecule has 1 saturated heterocycles. The van der Waals surface area contributed by atoms with Gasteiger partial charge in [-0.1, -0.05) is 12.2 Å². The molecule has 1 aromatic rings. The third-order valence-electron chi connectivity index (χ3n) is 4.68. The number of nitrogens with one attached hydrogen (secondary N) is 1. The average molecular weight is 328 g/mol. The highest BCUT2D eigenvalue weighted by Gasteiger charge is 2.23. The van der Waals surface area contributed by atoms with Gasteiger partial charge in [0.15, 0.2) is 0 Å². The predicted octanol–water partition coefficient (Wildman–Crippen LogP) is 4.43. The molecular weight excluding hydrogens is 300 g/mol. The first kappa shape index (κ1) is 18.1. The Balaban J connectivity index is 1.90. The van der Waals surface area contributed by atoms with Crippen LogP contribution in [-0.2, 0) is 0 Å². The minimum atomic E-state index is 0.203. The van der Waals surface area contributed by atoms with Gasteiger partial charge in [-0.05, 0) is 56.2 Å². The van der Waals surface area contributed by atoms with Gasteiger partial charge < -0.3 is 14.4 Å². The Labute approximate surface area is 145 Å². The Kier molecular flexibility index (Phi) is 6.07. The lowest BCUT2D eigenvalue weighted by atomic mass is 10.0. The number of rotatable bonds is 5. The summed E-state index contributed by atoms with van der Waals surface area (Å²) in [5.74, 6) is 2.32. The lowest BCUT2D eigenvalue weighted by Crippen LogP contribution is -2.42. The van der Waals surface area contributed by atoms with Crippen LogP contribution < -0.4 is 9.47 Å². The first-order valence-corrected chi connectivity index (χ1v) is 8.40. The van der Waals surface area contributed by atoms with E-state index in [1.807, 2.05) is 45.0 Å². The van der Waals surface area contributed by atoms with E-state index in [9.17, 15) is 0 Å². The lowest BCUT2D eigenvalue weighted by molar-refractivity contribution is 0.131. The van der Waals surface area contributed by atoms with Crippen molar-refractivity contribution in [3.8, 4) is 11.5 Å². The van der Waals surface area contributed by atoms with Crippen LogP contribution in [0.25, 0.3) is 0 Å². The van der Waals surface area contributed by atoms with Crippen LogP contribution in [0.5, 0.6) is 11.5 Å². The van der Waals surface area contributed by atoms with Gasteiger partial charge in [-0.2, -0.15) is 0 Å². The largest absolute Gasteiger partial charge is 0.497 e. The Morgan fingerprint density at radius 1 is 1.04 bits per heavy atom. The summed E-state index contributed by atoms with van der Waals surface area (Å²) in [5, 5.41) is 8.42. The van der Waals surface area contributed by atoms with Gasteiger partial charge in [-0.25, -0.2) is 0 Å². The summed E-state index contributed by atoms with van der Waals surface area (Å²) in [6, 6.07) is 7.70. The zero-order chi connectivity index (χ0) is 17.7.